The van der Waals surface area contributed by atoms with Crippen molar-refractivity contribution in [2.75, 3.05) is 12.4 Å². The summed E-state index contributed by atoms with van der Waals surface area (Å²) < 4.78 is 13.5. The van der Waals surface area contributed by atoms with Crippen molar-refractivity contribution in [3.63, 3.8) is 0 Å². The van der Waals surface area contributed by atoms with Crippen molar-refractivity contribution in [1.82, 2.24) is 34.9 Å². The molecule has 0 bridgehead atoms. The van der Waals surface area contributed by atoms with Gasteiger partial charge < -0.3 is 14.6 Å². The van der Waals surface area contributed by atoms with Gasteiger partial charge in [0.25, 0.3) is 11.6 Å². The molecule has 15 heteroatoms. The molecule has 46 heavy (non-hydrogen) atoms. The van der Waals surface area contributed by atoms with E-state index in [1.165, 1.54) is 48.5 Å². The molecular weight excluding hydrogens is 594 g/mol. The van der Waals surface area contributed by atoms with Gasteiger partial charge in [0, 0.05) is 30.2 Å². The molecule has 0 atom stereocenters. The summed E-state index contributed by atoms with van der Waals surface area (Å²) in [6.07, 6.45) is 1.82. The Morgan fingerprint density at radius 2 is 1.80 bits per heavy atom. The van der Waals surface area contributed by atoms with Crippen LogP contribution in [0, 0.1) is 17.0 Å². The van der Waals surface area contributed by atoms with Crippen molar-refractivity contribution in [3.05, 3.63) is 106 Å². The number of ether oxygens (including phenoxy) is 1. The summed E-state index contributed by atoms with van der Waals surface area (Å²) in [7, 11) is 1.21. The van der Waals surface area contributed by atoms with Gasteiger partial charge in [0.1, 0.15) is 11.4 Å². The molecule has 0 spiro atoms. The first-order valence-electron chi connectivity index (χ1n) is 13.8. The van der Waals surface area contributed by atoms with Crippen molar-refractivity contribution in [2.24, 2.45) is 0 Å². The second kappa shape index (κ2) is 12.2. The van der Waals surface area contributed by atoms with E-state index < -0.39 is 16.8 Å². The predicted octanol–water partition coefficient (Wildman–Crippen LogP) is 4.86. The first-order valence-corrected chi connectivity index (χ1v) is 13.8. The second-order valence-corrected chi connectivity index (χ2v) is 10.2. The first-order chi connectivity index (χ1) is 22.2. The molecule has 15 nitrogen and oxygen atoms in total. The fraction of sp³-hybridized carbons (Fsp3) is 0.129. The molecule has 3 aromatic heterocycles. The van der Waals surface area contributed by atoms with Crippen LogP contribution >= 0.6 is 0 Å². The van der Waals surface area contributed by atoms with Crippen LogP contribution in [0.1, 0.15) is 28.5 Å². The Labute approximate surface area is 260 Å². The number of aryl methyl sites for hydroxylation is 1. The minimum Gasteiger partial charge on any atom is -0.464 e. The smallest absolute Gasteiger partial charge is 0.359 e. The Morgan fingerprint density at radius 3 is 2.50 bits per heavy atom. The second-order valence-electron chi connectivity index (χ2n) is 10.2. The minimum absolute atomic E-state index is 0.00449. The average molecular weight is 620 g/mol. The van der Waals surface area contributed by atoms with Crippen LogP contribution in [0.5, 0.6) is 0 Å². The van der Waals surface area contributed by atoms with Crippen LogP contribution in [0.25, 0.3) is 39.9 Å². The number of hydrogen-bond acceptors (Lipinski definition) is 11. The molecule has 0 aliphatic carbocycles. The average Bonchev–Trinajstić information content (AvgIpc) is 3.81. The zero-order valence-electron chi connectivity index (χ0n) is 24.7. The number of non-ortho nitro benzene ring substituents is 1. The van der Waals surface area contributed by atoms with Crippen molar-refractivity contribution in [1.29, 1.82) is 0 Å². The van der Waals surface area contributed by atoms with E-state index in [2.05, 4.69) is 30.9 Å². The van der Waals surface area contributed by atoms with Crippen molar-refractivity contribution in [3.8, 4) is 39.9 Å². The quantitative estimate of drug-likeness (QED) is 0.132. The van der Waals surface area contributed by atoms with Crippen LogP contribution in [0.4, 0.5) is 11.4 Å². The predicted molar refractivity (Wildman–Crippen MR) is 164 cm³/mol. The Bertz CT molecular complexity index is 2080. The van der Waals surface area contributed by atoms with Crippen LogP contribution in [0.3, 0.4) is 0 Å². The molecule has 0 radical (unpaired) electrons. The summed E-state index contributed by atoms with van der Waals surface area (Å²) in [5.41, 5.74) is 4.24. The number of anilines is 1. The first kappa shape index (κ1) is 29.6. The number of esters is 1. The lowest BCUT2D eigenvalue weighted by Crippen LogP contribution is -2.15. The highest BCUT2D eigenvalue weighted by Crippen LogP contribution is 2.34. The maximum absolute atomic E-state index is 13.1. The molecule has 0 aliphatic rings. The number of amides is 1. The van der Waals surface area contributed by atoms with Crippen molar-refractivity contribution in [2.45, 2.75) is 20.4 Å². The van der Waals surface area contributed by atoms with E-state index >= 15 is 0 Å². The van der Waals surface area contributed by atoms with E-state index in [9.17, 15) is 19.7 Å². The SMILES string of the molecule is COC(=O)c1c(NC(C)=O)c(-c2noc(-c3ccc([N+](=O)[O-])cc3)n2)nn1-c1cccc(-c2cn(Cc3ccc(C)cc3)nn2)c1. The number of benzene rings is 3. The number of nitrogens with zero attached hydrogens (tertiary/aromatic N) is 8. The molecule has 0 aliphatic heterocycles. The molecule has 0 saturated heterocycles. The Hall–Kier alpha value is -6.51. The van der Waals surface area contributed by atoms with Crippen molar-refractivity contribution < 1.29 is 23.8 Å². The number of rotatable bonds is 9. The zero-order chi connectivity index (χ0) is 32.4. The Balaban J connectivity index is 1.39. The third-order valence-corrected chi connectivity index (χ3v) is 6.92. The van der Waals surface area contributed by atoms with E-state index in [0.717, 1.165) is 5.56 Å². The molecule has 6 rings (SSSR count). The van der Waals surface area contributed by atoms with Gasteiger partial charge in [0.15, 0.2) is 11.4 Å². The molecule has 0 unspecified atom stereocenters. The number of methoxy groups -OCH3 is 1. The van der Waals surface area contributed by atoms with E-state index in [1.54, 1.807) is 22.9 Å². The van der Waals surface area contributed by atoms with Gasteiger partial charge in [-0.1, -0.05) is 52.3 Å². The summed E-state index contributed by atoms with van der Waals surface area (Å²) in [5, 5.41) is 30.9. The lowest BCUT2D eigenvalue weighted by molar-refractivity contribution is -0.384. The lowest BCUT2D eigenvalue weighted by Gasteiger charge is -2.09. The molecular formula is C31H25N9O6. The highest BCUT2D eigenvalue weighted by atomic mass is 16.6. The van der Waals surface area contributed by atoms with Gasteiger partial charge in [0.2, 0.25) is 11.7 Å². The highest BCUT2D eigenvalue weighted by molar-refractivity contribution is 6.03. The normalized spacial score (nSPS) is 10.9. The van der Waals surface area contributed by atoms with Crippen molar-refractivity contribution >= 4 is 23.3 Å². The van der Waals surface area contributed by atoms with Gasteiger partial charge in [-0.3, -0.25) is 14.9 Å². The van der Waals surface area contributed by atoms with Gasteiger partial charge in [-0.25, -0.2) is 14.2 Å². The Morgan fingerprint density at radius 1 is 1.04 bits per heavy atom. The fourth-order valence-corrected chi connectivity index (χ4v) is 4.69. The van der Waals surface area contributed by atoms with E-state index in [0.29, 0.717) is 29.1 Å². The number of hydrogen-bond donors (Lipinski definition) is 1. The summed E-state index contributed by atoms with van der Waals surface area (Å²) in [6.45, 7) is 3.84. The topological polar surface area (TPSA) is 186 Å². The Kier molecular flexibility index (Phi) is 7.86. The molecule has 230 valence electrons. The minimum atomic E-state index is -0.781. The number of carbonyl (C=O) groups excluding carboxylic acids is 2. The van der Waals surface area contributed by atoms with Gasteiger partial charge >= 0.3 is 5.97 Å². The summed E-state index contributed by atoms with van der Waals surface area (Å²) in [4.78, 5) is 40.3. The third kappa shape index (κ3) is 5.96. The monoisotopic (exact) mass is 619 g/mol. The van der Waals surface area contributed by atoms with Crippen LogP contribution in [-0.2, 0) is 16.1 Å². The van der Waals surface area contributed by atoms with E-state index in [1.807, 2.05) is 43.5 Å². The molecule has 6 aromatic rings. The fourth-order valence-electron chi connectivity index (χ4n) is 4.69. The largest absolute Gasteiger partial charge is 0.464 e. The number of nitro benzene ring substituents is 1. The van der Waals surface area contributed by atoms with Gasteiger partial charge in [0.05, 0.1) is 30.5 Å². The van der Waals surface area contributed by atoms with Crippen LogP contribution in [-0.4, -0.2) is 58.8 Å². The number of aromatic nitrogens is 7. The van der Waals surface area contributed by atoms with Crippen LogP contribution < -0.4 is 5.32 Å². The van der Waals surface area contributed by atoms with E-state index in [4.69, 9.17) is 9.26 Å². The summed E-state index contributed by atoms with van der Waals surface area (Å²) >= 11 is 0. The standard InChI is InChI=1S/C31H25N9O6/c1-18-7-9-20(10-8-18)16-38-17-25(34-37-38)22-5-4-6-24(15-22)39-28(31(42)45-3)26(32-19(2)41)27(35-39)29-33-30(46-36-29)21-11-13-23(14-12-21)40(43)44/h4-15,17H,16H2,1-3H3,(H,32,41). The summed E-state index contributed by atoms with van der Waals surface area (Å²) in [5.74, 6) is -1.26. The zero-order valence-corrected chi connectivity index (χ0v) is 24.7. The summed E-state index contributed by atoms with van der Waals surface area (Å²) in [6, 6.07) is 20.8. The number of carbonyl (C=O) groups is 2. The van der Waals surface area contributed by atoms with Crippen LogP contribution in [0.15, 0.2) is 83.5 Å². The third-order valence-electron chi connectivity index (χ3n) is 6.92. The van der Waals surface area contributed by atoms with Gasteiger partial charge in [-0.15, -0.1) is 5.10 Å². The van der Waals surface area contributed by atoms with E-state index in [-0.39, 0.29) is 34.5 Å². The van der Waals surface area contributed by atoms with Crippen LogP contribution in [0.2, 0.25) is 0 Å². The van der Waals surface area contributed by atoms with Gasteiger partial charge in [-0.05, 0) is 36.8 Å². The highest BCUT2D eigenvalue weighted by Gasteiger charge is 2.30. The molecule has 1 N–H and O–H groups in total. The maximum Gasteiger partial charge on any atom is 0.359 e. The number of nitrogens with one attached hydrogen (secondary N) is 1. The van der Waals surface area contributed by atoms with Gasteiger partial charge in [-0.2, -0.15) is 10.1 Å². The molecule has 3 heterocycles. The molecule has 0 fully saturated rings. The molecule has 1 amide bonds. The lowest BCUT2D eigenvalue weighted by atomic mass is 10.1. The number of nitro groups is 1. The maximum atomic E-state index is 13.1. The molecule has 0 saturated carbocycles. The molecule has 3 aromatic carbocycles.